The van der Waals surface area contributed by atoms with E-state index in [1.807, 2.05) is 6.07 Å². The number of nitrogens with zero attached hydrogens (tertiary/aromatic N) is 3. The molecule has 3 aromatic rings. The van der Waals surface area contributed by atoms with E-state index in [-0.39, 0.29) is 18.2 Å². The average Bonchev–Trinajstić information content (AvgIpc) is 2.62. The molecule has 0 aliphatic carbocycles. The van der Waals surface area contributed by atoms with E-state index in [9.17, 15) is 9.90 Å². The van der Waals surface area contributed by atoms with Crippen LogP contribution in [0, 0.1) is 0 Å². The van der Waals surface area contributed by atoms with Gasteiger partial charge in [-0.15, -0.1) is 0 Å². The first-order chi connectivity index (χ1) is 12.1. The number of phenolic OH excluding ortho intramolecular Hbond substituents is 1. The van der Waals surface area contributed by atoms with Crippen LogP contribution in [-0.4, -0.2) is 37.7 Å². The molecule has 0 bridgehead atoms. The van der Waals surface area contributed by atoms with Crippen molar-refractivity contribution in [2.45, 2.75) is 0 Å². The van der Waals surface area contributed by atoms with Gasteiger partial charge in [0.25, 0.3) is 0 Å². The normalized spacial score (nSPS) is 10.2. The number of pyridine rings is 1. The van der Waals surface area contributed by atoms with Crippen LogP contribution >= 0.6 is 0 Å². The third-order valence-corrected chi connectivity index (χ3v) is 3.22. The molecule has 1 aromatic carbocycles. The molecule has 2 aromatic heterocycles. The summed E-state index contributed by atoms with van der Waals surface area (Å²) in [5.41, 5.74) is 2.09. The SMILES string of the molecule is O=C(O)CNc1nc(Nc2ccc(O)cc2)cc(-c2cccnc2)n1. The van der Waals surface area contributed by atoms with Crippen molar-refractivity contribution in [3.63, 3.8) is 0 Å². The number of aromatic hydroxyl groups is 1. The van der Waals surface area contributed by atoms with E-state index in [1.54, 1.807) is 48.8 Å². The minimum Gasteiger partial charge on any atom is -0.508 e. The lowest BCUT2D eigenvalue weighted by Crippen LogP contribution is -2.15. The smallest absolute Gasteiger partial charge is 0.322 e. The van der Waals surface area contributed by atoms with Gasteiger partial charge in [-0.1, -0.05) is 0 Å². The van der Waals surface area contributed by atoms with Crippen LogP contribution in [0.1, 0.15) is 0 Å². The summed E-state index contributed by atoms with van der Waals surface area (Å²) in [5.74, 6) is -0.186. The topological polar surface area (TPSA) is 120 Å². The number of aromatic nitrogens is 3. The number of phenols is 1. The van der Waals surface area contributed by atoms with Gasteiger partial charge in [0, 0.05) is 29.7 Å². The van der Waals surface area contributed by atoms with Crippen molar-refractivity contribution in [3.8, 4) is 17.0 Å². The number of carboxylic acid groups (broad SMARTS) is 1. The van der Waals surface area contributed by atoms with Crippen molar-refractivity contribution in [1.82, 2.24) is 15.0 Å². The van der Waals surface area contributed by atoms with Crippen LogP contribution in [0.5, 0.6) is 5.75 Å². The number of benzene rings is 1. The predicted octanol–water partition coefficient (Wildman–Crippen LogP) is 2.48. The zero-order valence-corrected chi connectivity index (χ0v) is 13.0. The van der Waals surface area contributed by atoms with Gasteiger partial charge in [-0.3, -0.25) is 9.78 Å². The van der Waals surface area contributed by atoms with Crippen LogP contribution in [0.3, 0.4) is 0 Å². The van der Waals surface area contributed by atoms with Crippen LogP contribution in [0.15, 0.2) is 54.9 Å². The Morgan fingerprint density at radius 1 is 1.12 bits per heavy atom. The molecule has 0 radical (unpaired) electrons. The number of hydrogen-bond donors (Lipinski definition) is 4. The Morgan fingerprint density at radius 2 is 1.92 bits per heavy atom. The largest absolute Gasteiger partial charge is 0.508 e. The molecule has 25 heavy (non-hydrogen) atoms. The van der Waals surface area contributed by atoms with E-state index in [0.717, 1.165) is 11.3 Å². The summed E-state index contributed by atoms with van der Waals surface area (Å²) in [7, 11) is 0. The monoisotopic (exact) mass is 337 g/mol. The number of aliphatic carboxylic acids is 1. The molecule has 0 saturated heterocycles. The van der Waals surface area contributed by atoms with Crippen molar-refractivity contribution < 1.29 is 15.0 Å². The fraction of sp³-hybridized carbons (Fsp3) is 0.0588. The molecule has 0 saturated carbocycles. The molecule has 0 spiro atoms. The molecular weight excluding hydrogens is 322 g/mol. The first-order valence-electron chi connectivity index (χ1n) is 7.41. The van der Waals surface area contributed by atoms with Gasteiger partial charge in [0.05, 0.1) is 5.69 Å². The summed E-state index contributed by atoms with van der Waals surface area (Å²) in [4.78, 5) is 23.4. The summed E-state index contributed by atoms with van der Waals surface area (Å²) in [6, 6.07) is 11.9. The molecule has 0 aliphatic rings. The van der Waals surface area contributed by atoms with Crippen molar-refractivity contribution in [3.05, 3.63) is 54.9 Å². The number of carboxylic acids is 1. The Labute approximate surface area is 143 Å². The summed E-state index contributed by atoms with van der Waals surface area (Å²) in [6.07, 6.45) is 3.32. The highest BCUT2D eigenvalue weighted by Crippen LogP contribution is 2.24. The van der Waals surface area contributed by atoms with Crippen molar-refractivity contribution in [2.24, 2.45) is 0 Å². The van der Waals surface area contributed by atoms with E-state index in [4.69, 9.17) is 5.11 Å². The molecule has 0 unspecified atom stereocenters. The van der Waals surface area contributed by atoms with Crippen LogP contribution in [0.25, 0.3) is 11.3 Å². The van der Waals surface area contributed by atoms with Gasteiger partial charge in [0.15, 0.2) is 0 Å². The van der Waals surface area contributed by atoms with Gasteiger partial charge < -0.3 is 20.8 Å². The Hall–Kier alpha value is -3.68. The highest BCUT2D eigenvalue weighted by Gasteiger charge is 2.08. The van der Waals surface area contributed by atoms with Gasteiger partial charge in [0.1, 0.15) is 18.1 Å². The molecule has 2 heterocycles. The summed E-state index contributed by atoms with van der Waals surface area (Å²) < 4.78 is 0. The number of anilines is 3. The molecule has 0 atom stereocenters. The molecule has 0 amide bonds. The summed E-state index contributed by atoms with van der Waals surface area (Å²) in [6.45, 7) is -0.296. The van der Waals surface area contributed by atoms with Crippen LogP contribution in [0.2, 0.25) is 0 Å². The third-order valence-electron chi connectivity index (χ3n) is 3.22. The Kier molecular flexibility index (Phi) is 4.70. The van der Waals surface area contributed by atoms with Crippen LogP contribution < -0.4 is 10.6 Å². The Morgan fingerprint density at radius 3 is 2.60 bits per heavy atom. The lowest BCUT2D eigenvalue weighted by Gasteiger charge is -2.11. The summed E-state index contributed by atoms with van der Waals surface area (Å²) >= 11 is 0. The fourth-order valence-corrected chi connectivity index (χ4v) is 2.10. The minimum atomic E-state index is -1.01. The van der Waals surface area contributed by atoms with Gasteiger partial charge >= 0.3 is 5.97 Å². The standard InChI is InChI=1S/C17H15N5O3/c23-13-5-3-12(4-6-13)20-15-8-14(11-2-1-7-18-9-11)21-17(22-15)19-10-16(24)25/h1-9,23H,10H2,(H,24,25)(H2,19,20,21,22). The number of hydrogen-bond acceptors (Lipinski definition) is 7. The zero-order valence-electron chi connectivity index (χ0n) is 13.0. The molecule has 8 heteroatoms. The average molecular weight is 337 g/mol. The molecule has 126 valence electrons. The van der Waals surface area contributed by atoms with Crippen molar-refractivity contribution in [1.29, 1.82) is 0 Å². The van der Waals surface area contributed by atoms with Crippen LogP contribution in [0.4, 0.5) is 17.5 Å². The molecule has 4 N–H and O–H groups in total. The highest BCUT2D eigenvalue weighted by molar-refractivity contribution is 5.73. The maximum absolute atomic E-state index is 10.8. The van der Waals surface area contributed by atoms with E-state index in [0.29, 0.717) is 11.5 Å². The third kappa shape index (κ3) is 4.41. The lowest BCUT2D eigenvalue weighted by molar-refractivity contribution is -0.134. The van der Waals surface area contributed by atoms with Gasteiger partial charge in [-0.25, -0.2) is 4.98 Å². The number of carbonyl (C=O) groups is 1. The lowest BCUT2D eigenvalue weighted by atomic mass is 10.2. The maximum Gasteiger partial charge on any atom is 0.322 e. The fourth-order valence-electron chi connectivity index (χ4n) is 2.10. The van der Waals surface area contributed by atoms with Crippen LogP contribution in [-0.2, 0) is 4.79 Å². The van der Waals surface area contributed by atoms with Crippen molar-refractivity contribution >= 4 is 23.4 Å². The van der Waals surface area contributed by atoms with E-state index < -0.39 is 5.97 Å². The van der Waals surface area contributed by atoms with E-state index in [2.05, 4.69) is 25.6 Å². The van der Waals surface area contributed by atoms with E-state index in [1.165, 1.54) is 0 Å². The highest BCUT2D eigenvalue weighted by atomic mass is 16.4. The van der Waals surface area contributed by atoms with Gasteiger partial charge in [-0.2, -0.15) is 4.98 Å². The number of rotatable bonds is 6. The second kappa shape index (κ2) is 7.26. The van der Waals surface area contributed by atoms with E-state index >= 15 is 0 Å². The molecule has 0 fully saturated rings. The quantitative estimate of drug-likeness (QED) is 0.506. The zero-order chi connectivity index (χ0) is 17.6. The minimum absolute atomic E-state index is 0.160. The van der Waals surface area contributed by atoms with Gasteiger partial charge in [-0.05, 0) is 36.4 Å². The second-order valence-electron chi connectivity index (χ2n) is 5.12. The first-order valence-corrected chi connectivity index (χ1v) is 7.41. The molecular formula is C17H15N5O3. The molecule has 0 aliphatic heterocycles. The summed E-state index contributed by atoms with van der Waals surface area (Å²) in [5, 5.41) is 23.9. The van der Waals surface area contributed by atoms with Crippen molar-refractivity contribution in [2.75, 3.05) is 17.2 Å². The Bertz CT molecular complexity index is 869. The second-order valence-corrected chi connectivity index (χ2v) is 5.12. The predicted molar refractivity (Wildman–Crippen MR) is 92.8 cm³/mol. The maximum atomic E-state index is 10.8. The molecule has 8 nitrogen and oxygen atoms in total. The first kappa shape index (κ1) is 16.2. The van der Waals surface area contributed by atoms with Gasteiger partial charge in [0.2, 0.25) is 5.95 Å². The Balaban J connectivity index is 1.93. The molecule has 3 rings (SSSR count). The number of nitrogens with one attached hydrogen (secondary N) is 2.